The van der Waals surface area contributed by atoms with Crippen LogP contribution in [0.1, 0.15) is 31.2 Å². The number of aromatic nitrogens is 3. The van der Waals surface area contributed by atoms with Gasteiger partial charge < -0.3 is 14.3 Å². The van der Waals surface area contributed by atoms with Gasteiger partial charge in [-0.25, -0.2) is 0 Å². The van der Waals surface area contributed by atoms with E-state index in [0.717, 1.165) is 13.1 Å². The molecule has 1 N–H and O–H groups in total. The highest BCUT2D eigenvalue weighted by atomic mass is 16.4. The molecule has 0 fully saturated rings. The summed E-state index contributed by atoms with van der Waals surface area (Å²) in [4.78, 5) is 0. The van der Waals surface area contributed by atoms with Crippen LogP contribution >= 0.6 is 0 Å². The second-order valence-corrected chi connectivity index (χ2v) is 4.93. The van der Waals surface area contributed by atoms with Gasteiger partial charge >= 0.3 is 0 Å². The van der Waals surface area contributed by atoms with Gasteiger partial charge in [-0.2, -0.15) is 0 Å². The Morgan fingerprint density at radius 2 is 2.22 bits per heavy atom. The average molecular weight is 248 g/mol. The third-order valence-corrected chi connectivity index (χ3v) is 2.58. The van der Waals surface area contributed by atoms with Gasteiger partial charge in [-0.15, -0.1) is 10.2 Å². The number of rotatable bonds is 6. The minimum absolute atomic E-state index is 0.607. The van der Waals surface area contributed by atoms with Crippen LogP contribution < -0.4 is 5.32 Å². The van der Waals surface area contributed by atoms with Crippen LogP contribution in [-0.4, -0.2) is 21.3 Å². The van der Waals surface area contributed by atoms with Gasteiger partial charge in [0.05, 0.1) is 0 Å². The van der Waals surface area contributed by atoms with Gasteiger partial charge in [0.25, 0.3) is 0 Å². The molecule has 18 heavy (non-hydrogen) atoms. The van der Waals surface area contributed by atoms with Crippen LogP contribution in [-0.2, 0) is 13.1 Å². The molecule has 0 spiro atoms. The first-order chi connectivity index (χ1) is 8.63. The minimum atomic E-state index is 0.607. The zero-order valence-corrected chi connectivity index (χ0v) is 11.2. The molecule has 0 unspecified atom stereocenters. The highest BCUT2D eigenvalue weighted by molar-refractivity contribution is 5.10. The van der Waals surface area contributed by atoms with Crippen molar-refractivity contribution in [2.45, 2.75) is 33.9 Å². The predicted octanol–water partition coefficient (Wildman–Crippen LogP) is 1.97. The summed E-state index contributed by atoms with van der Waals surface area (Å²) in [6, 6.07) is 2.11. The standard InChI is InChI=1S/C13H20N4O/c1-10(2)6-14-7-12-4-5-17(8-12)9-13-16-15-11(3)18-13/h4-5,8,10,14H,6-7,9H2,1-3H3. The van der Waals surface area contributed by atoms with Gasteiger partial charge in [-0.1, -0.05) is 13.8 Å². The molecule has 2 aromatic rings. The molecule has 0 radical (unpaired) electrons. The van der Waals surface area contributed by atoms with Crippen LogP contribution in [0.4, 0.5) is 0 Å². The van der Waals surface area contributed by atoms with Crippen LogP contribution in [0.25, 0.3) is 0 Å². The molecule has 0 bridgehead atoms. The van der Waals surface area contributed by atoms with Crippen molar-refractivity contribution >= 4 is 0 Å². The van der Waals surface area contributed by atoms with E-state index < -0.39 is 0 Å². The molecular weight excluding hydrogens is 228 g/mol. The van der Waals surface area contributed by atoms with Gasteiger partial charge in [-0.05, 0) is 24.1 Å². The monoisotopic (exact) mass is 248 g/mol. The maximum Gasteiger partial charge on any atom is 0.236 e. The molecule has 5 nitrogen and oxygen atoms in total. The molecule has 0 aliphatic carbocycles. The molecule has 0 aliphatic rings. The van der Waals surface area contributed by atoms with Crippen molar-refractivity contribution in [1.82, 2.24) is 20.1 Å². The Bertz CT molecular complexity index is 487. The highest BCUT2D eigenvalue weighted by Gasteiger charge is 2.04. The zero-order chi connectivity index (χ0) is 13.0. The van der Waals surface area contributed by atoms with Crippen molar-refractivity contribution in [2.24, 2.45) is 5.92 Å². The van der Waals surface area contributed by atoms with E-state index in [2.05, 4.69) is 46.2 Å². The Labute approximate surface area is 107 Å². The van der Waals surface area contributed by atoms with Crippen LogP contribution in [0, 0.1) is 12.8 Å². The summed E-state index contributed by atoms with van der Waals surface area (Å²) in [6.45, 7) is 8.77. The van der Waals surface area contributed by atoms with E-state index in [1.165, 1.54) is 5.56 Å². The summed E-state index contributed by atoms with van der Waals surface area (Å²) in [5.74, 6) is 1.93. The first-order valence-corrected chi connectivity index (χ1v) is 6.28. The van der Waals surface area contributed by atoms with Crippen molar-refractivity contribution in [3.8, 4) is 0 Å². The lowest BCUT2D eigenvalue weighted by molar-refractivity contribution is 0.454. The lowest BCUT2D eigenvalue weighted by Crippen LogP contribution is -2.18. The third kappa shape index (κ3) is 3.70. The molecular formula is C13H20N4O. The fourth-order valence-corrected chi connectivity index (χ4v) is 1.76. The van der Waals surface area contributed by atoms with Gasteiger partial charge in [0.2, 0.25) is 11.8 Å². The maximum atomic E-state index is 5.35. The Morgan fingerprint density at radius 3 is 2.89 bits per heavy atom. The van der Waals surface area contributed by atoms with Crippen molar-refractivity contribution in [2.75, 3.05) is 6.54 Å². The highest BCUT2D eigenvalue weighted by Crippen LogP contribution is 2.05. The summed E-state index contributed by atoms with van der Waals surface area (Å²) in [7, 11) is 0. The van der Waals surface area contributed by atoms with E-state index in [9.17, 15) is 0 Å². The summed E-state index contributed by atoms with van der Waals surface area (Å²) in [6.07, 6.45) is 4.14. The molecule has 0 saturated heterocycles. The molecule has 2 rings (SSSR count). The lowest BCUT2D eigenvalue weighted by Gasteiger charge is -2.05. The van der Waals surface area contributed by atoms with Crippen molar-refractivity contribution in [3.05, 3.63) is 35.8 Å². The molecule has 0 atom stereocenters. The summed E-state index contributed by atoms with van der Waals surface area (Å²) in [5.41, 5.74) is 1.27. The SMILES string of the molecule is Cc1nnc(Cn2ccc(CNCC(C)C)c2)o1. The van der Waals surface area contributed by atoms with Crippen molar-refractivity contribution in [3.63, 3.8) is 0 Å². The van der Waals surface area contributed by atoms with Gasteiger partial charge in [0.15, 0.2) is 0 Å². The van der Waals surface area contributed by atoms with E-state index in [0.29, 0.717) is 24.2 Å². The maximum absolute atomic E-state index is 5.35. The number of nitrogens with zero attached hydrogens (tertiary/aromatic N) is 3. The third-order valence-electron chi connectivity index (χ3n) is 2.58. The Kier molecular flexibility index (Phi) is 4.15. The molecule has 2 heterocycles. The molecule has 0 aromatic carbocycles. The van der Waals surface area contributed by atoms with E-state index in [4.69, 9.17) is 4.42 Å². The van der Waals surface area contributed by atoms with Gasteiger partial charge in [0.1, 0.15) is 6.54 Å². The van der Waals surface area contributed by atoms with E-state index in [1.807, 2.05) is 6.20 Å². The Morgan fingerprint density at radius 1 is 1.39 bits per heavy atom. The van der Waals surface area contributed by atoms with Crippen LogP contribution in [0.2, 0.25) is 0 Å². The van der Waals surface area contributed by atoms with E-state index in [-0.39, 0.29) is 0 Å². The number of nitrogens with one attached hydrogen (secondary N) is 1. The molecule has 5 heteroatoms. The quantitative estimate of drug-likeness (QED) is 0.849. The molecule has 2 aromatic heterocycles. The largest absolute Gasteiger partial charge is 0.424 e. The van der Waals surface area contributed by atoms with Crippen LogP contribution in [0.3, 0.4) is 0 Å². The Balaban J connectivity index is 1.86. The fourth-order valence-electron chi connectivity index (χ4n) is 1.76. The average Bonchev–Trinajstić information content (AvgIpc) is 2.89. The number of aryl methyl sites for hydroxylation is 1. The summed E-state index contributed by atoms with van der Waals surface area (Å²) in [5, 5.41) is 11.2. The molecule has 98 valence electrons. The number of hydrogen-bond acceptors (Lipinski definition) is 4. The van der Waals surface area contributed by atoms with Crippen molar-refractivity contribution in [1.29, 1.82) is 0 Å². The second kappa shape index (κ2) is 5.82. The predicted molar refractivity (Wildman–Crippen MR) is 69.1 cm³/mol. The molecule has 0 aliphatic heterocycles. The topological polar surface area (TPSA) is 55.9 Å². The van der Waals surface area contributed by atoms with Gasteiger partial charge in [0, 0.05) is 25.9 Å². The fraction of sp³-hybridized carbons (Fsp3) is 0.538. The first kappa shape index (κ1) is 12.8. The first-order valence-electron chi connectivity index (χ1n) is 6.28. The zero-order valence-electron chi connectivity index (χ0n) is 11.2. The number of hydrogen-bond donors (Lipinski definition) is 1. The lowest BCUT2D eigenvalue weighted by atomic mass is 10.2. The second-order valence-electron chi connectivity index (χ2n) is 4.93. The van der Waals surface area contributed by atoms with Crippen LogP contribution in [0.15, 0.2) is 22.9 Å². The smallest absolute Gasteiger partial charge is 0.236 e. The van der Waals surface area contributed by atoms with Crippen LogP contribution in [0.5, 0.6) is 0 Å². The molecule has 0 saturated carbocycles. The normalized spacial score (nSPS) is 11.3. The molecule has 0 amide bonds. The minimum Gasteiger partial charge on any atom is -0.424 e. The summed E-state index contributed by atoms with van der Waals surface area (Å²) >= 11 is 0. The van der Waals surface area contributed by atoms with Gasteiger partial charge in [-0.3, -0.25) is 0 Å². The van der Waals surface area contributed by atoms with Crippen molar-refractivity contribution < 1.29 is 4.42 Å². The Hall–Kier alpha value is -1.62. The van der Waals surface area contributed by atoms with E-state index >= 15 is 0 Å². The summed E-state index contributed by atoms with van der Waals surface area (Å²) < 4.78 is 7.41. The van der Waals surface area contributed by atoms with E-state index in [1.54, 1.807) is 6.92 Å².